The fraction of sp³-hybridized carbons (Fsp3) is 0.400. The van der Waals surface area contributed by atoms with Crippen LogP contribution in [0.2, 0.25) is 0 Å². The number of nitrogens with zero attached hydrogens (tertiary/aromatic N) is 4. The summed E-state index contributed by atoms with van der Waals surface area (Å²) in [4.78, 5) is 2.15. The Kier molecular flexibility index (Phi) is 5.41. The third-order valence-electron chi connectivity index (χ3n) is 3.16. The molecule has 1 heterocycles. The lowest BCUT2D eigenvalue weighted by atomic mass is 10.2. The molecule has 0 atom stereocenters. The summed E-state index contributed by atoms with van der Waals surface area (Å²) in [5, 5.41) is 20.5. The van der Waals surface area contributed by atoms with Gasteiger partial charge in [-0.2, -0.15) is 0 Å². The molecule has 1 aromatic heterocycles. The van der Waals surface area contributed by atoms with Gasteiger partial charge in [0.05, 0.1) is 18.8 Å². The summed E-state index contributed by atoms with van der Waals surface area (Å²) in [7, 11) is 1.95. The minimum atomic E-state index is 0.147. The molecule has 1 N–H and O–H groups in total. The second-order valence-electron chi connectivity index (χ2n) is 5.02. The Morgan fingerprint density at radius 1 is 1.24 bits per heavy atom. The summed E-state index contributed by atoms with van der Waals surface area (Å²) in [5.41, 5.74) is 1.90. The zero-order valence-electron chi connectivity index (χ0n) is 12.6. The molecular weight excluding hydrogens is 284 g/mol. The number of hydrogen-bond donors (Lipinski definition) is 1. The van der Waals surface area contributed by atoms with E-state index < -0.39 is 0 Å². The lowest BCUT2D eigenvalue weighted by molar-refractivity contribution is -0.654. The molecule has 1 aromatic carbocycles. The van der Waals surface area contributed by atoms with E-state index in [1.165, 1.54) is 0 Å². The molecule has 0 aliphatic heterocycles. The molecule has 0 bridgehead atoms. The average Bonchev–Trinajstić information content (AvgIpc) is 2.88. The van der Waals surface area contributed by atoms with Crippen LogP contribution in [0.25, 0.3) is 0 Å². The van der Waals surface area contributed by atoms with Gasteiger partial charge in [-0.15, -0.1) is 0 Å². The number of anilines is 1. The zero-order chi connectivity index (χ0) is 15.2. The first-order chi connectivity index (χ1) is 10.1. The number of azo groups is 1. The van der Waals surface area contributed by atoms with Crippen molar-refractivity contribution in [1.82, 2.24) is 0 Å². The Balaban J connectivity index is 2.11. The van der Waals surface area contributed by atoms with E-state index in [4.69, 9.17) is 5.11 Å². The van der Waals surface area contributed by atoms with Crippen LogP contribution in [0.5, 0.6) is 0 Å². The Hall–Kier alpha value is -1.79. The Morgan fingerprint density at radius 3 is 2.48 bits per heavy atom. The van der Waals surface area contributed by atoms with E-state index in [9.17, 15) is 0 Å². The van der Waals surface area contributed by atoms with E-state index in [0.717, 1.165) is 16.5 Å². The average molecular weight is 305 g/mol. The van der Waals surface area contributed by atoms with Crippen molar-refractivity contribution in [3.8, 4) is 0 Å². The van der Waals surface area contributed by atoms with Crippen LogP contribution >= 0.6 is 11.3 Å². The van der Waals surface area contributed by atoms with Crippen molar-refractivity contribution in [2.24, 2.45) is 17.3 Å². The number of thiazole rings is 1. The number of aromatic nitrogens is 1. The van der Waals surface area contributed by atoms with Gasteiger partial charge in [0, 0.05) is 23.7 Å². The fourth-order valence-corrected chi connectivity index (χ4v) is 2.71. The summed E-state index contributed by atoms with van der Waals surface area (Å²) in [6.07, 6.45) is 1.96. The van der Waals surface area contributed by atoms with Gasteiger partial charge in [-0.05, 0) is 54.6 Å². The maximum absolute atomic E-state index is 9.14. The third kappa shape index (κ3) is 4.09. The van der Waals surface area contributed by atoms with Crippen molar-refractivity contribution in [1.29, 1.82) is 0 Å². The summed E-state index contributed by atoms with van der Waals surface area (Å²) in [6, 6.07) is 8.25. The monoisotopic (exact) mass is 305 g/mol. The predicted octanol–water partition coefficient (Wildman–Crippen LogP) is 3.20. The van der Waals surface area contributed by atoms with Crippen LogP contribution in [0, 0.1) is 0 Å². The first-order valence-electron chi connectivity index (χ1n) is 6.94. The molecule has 0 saturated carbocycles. The highest BCUT2D eigenvalue weighted by Crippen LogP contribution is 2.23. The molecule has 2 rings (SSSR count). The molecule has 0 radical (unpaired) electrons. The Bertz CT molecular complexity index is 592. The van der Waals surface area contributed by atoms with Gasteiger partial charge >= 0.3 is 5.13 Å². The summed E-state index contributed by atoms with van der Waals surface area (Å²) >= 11 is 1.55. The van der Waals surface area contributed by atoms with E-state index in [0.29, 0.717) is 12.6 Å². The third-order valence-corrected chi connectivity index (χ3v) is 3.99. The molecule has 0 unspecified atom stereocenters. The number of aliphatic hydroxyl groups is 1. The lowest BCUT2D eigenvalue weighted by Crippen LogP contribution is -2.33. The normalized spacial score (nSPS) is 11.5. The van der Waals surface area contributed by atoms with Gasteiger partial charge < -0.3 is 10.0 Å². The molecule has 5 nitrogen and oxygen atoms in total. The van der Waals surface area contributed by atoms with Gasteiger partial charge in [-0.1, -0.05) is 0 Å². The summed E-state index contributed by atoms with van der Waals surface area (Å²) in [5.74, 6) is 0. The molecule has 6 heteroatoms. The van der Waals surface area contributed by atoms with Crippen LogP contribution < -0.4 is 9.47 Å². The topological polar surface area (TPSA) is 52.1 Å². The molecule has 21 heavy (non-hydrogen) atoms. The van der Waals surface area contributed by atoms with Crippen molar-refractivity contribution in [2.45, 2.75) is 19.9 Å². The van der Waals surface area contributed by atoms with Gasteiger partial charge in [0.2, 0.25) is 0 Å². The van der Waals surface area contributed by atoms with Crippen LogP contribution in [0.1, 0.15) is 13.8 Å². The first kappa shape index (κ1) is 15.6. The van der Waals surface area contributed by atoms with Gasteiger partial charge in [0.1, 0.15) is 11.9 Å². The molecular formula is C15H21N4OS+. The maximum Gasteiger partial charge on any atom is 0.408 e. The molecule has 0 amide bonds. The summed E-state index contributed by atoms with van der Waals surface area (Å²) < 4.78 is 1.93. The molecule has 2 aromatic rings. The number of rotatable bonds is 6. The number of benzene rings is 1. The molecule has 0 aliphatic rings. The maximum atomic E-state index is 9.14. The van der Waals surface area contributed by atoms with Crippen molar-refractivity contribution in [2.75, 3.05) is 18.1 Å². The second-order valence-corrected chi connectivity index (χ2v) is 5.90. The smallest absolute Gasteiger partial charge is 0.395 e. The standard InChI is InChI=1S/C15H21N4OS/c1-12(2)19(8-10-20)14-6-4-13(5-7-14)16-17-15-18(3)9-11-21-15/h4-7,9,11-12,20H,8,10H2,1-3H3/q+1. The number of hydrogen-bond acceptors (Lipinski definition) is 5. The Morgan fingerprint density at radius 2 is 1.95 bits per heavy atom. The summed E-state index contributed by atoms with van der Waals surface area (Å²) in [6.45, 7) is 5.00. The van der Waals surface area contributed by atoms with Crippen LogP contribution in [-0.2, 0) is 7.05 Å². The lowest BCUT2D eigenvalue weighted by Gasteiger charge is -2.28. The fourth-order valence-electron chi connectivity index (χ4n) is 2.03. The van der Waals surface area contributed by atoms with Crippen LogP contribution in [-0.4, -0.2) is 24.3 Å². The van der Waals surface area contributed by atoms with Crippen LogP contribution in [0.15, 0.2) is 46.1 Å². The van der Waals surface area contributed by atoms with Gasteiger partial charge in [0.25, 0.3) is 0 Å². The Labute approximate surface area is 129 Å². The van der Waals surface area contributed by atoms with Gasteiger partial charge in [0.15, 0.2) is 0 Å². The quantitative estimate of drug-likeness (QED) is 0.658. The zero-order valence-corrected chi connectivity index (χ0v) is 13.4. The van der Waals surface area contributed by atoms with Crippen molar-refractivity contribution >= 4 is 27.8 Å². The minimum Gasteiger partial charge on any atom is -0.395 e. The van der Waals surface area contributed by atoms with E-state index in [2.05, 4.69) is 29.0 Å². The van der Waals surface area contributed by atoms with Gasteiger partial charge in [-0.3, -0.25) is 0 Å². The second kappa shape index (κ2) is 7.28. The number of aryl methyl sites for hydroxylation is 1. The highest BCUT2D eigenvalue weighted by atomic mass is 32.1. The van der Waals surface area contributed by atoms with E-state index in [1.807, 2.05) is 47.5 Å². The SMILES string of the molecule is CC(C)N(CCO)c1ccc(N=Nc2scc[n+]2C)cc1. The van der Waals surface area contributed by atoms with Crippen LogP contribution in [0.3, 0.4) is 0 Å². The van der Waals surface area contributed by atoms with E-state index in [1.54, 1.807) is 11.3 Å². The van der Waals surface area contributed by atoms with Crippen LogP contribution in [0.4, 0.5) is 16.5 Å². The molecule has 0 fully saturated rings. The predicted molar refractivity (Wildman–Crippen MR) is 85.7 cm³/mol. The number of aliphatic hydroxyl groups excluding tert-OH is 1. The molecule has 0 saturated heterocycles. The van der Waals surface area contributed by atoms with E-state index >= 15 is 0 Å². The molecule has 0 spiro atoms. The largest absolute Gasteiger partial charge is 0.408 e. The molecule has 112 valence electrons. The minimum absolute atomic E-state index is 0.147. The van der Waals surface area contributed by atoms with E-state index in [-0.39, 0.29) is 6.61 Å². The van der Waals surface area contributed by atoms with Crippen molar-refractivity contribution in [3.63, 3.8) is 0 Å². The highest BCUT2D eigenvalue weighted by molar-refractivity contribution is 7.12. The highest BCUT2D eigenvalue weighted by Gasteiger charge is 2.10. The van der Waals surface area contributed by atoms with Crippen molar-refractivity contribution in [3.05, 3.63) is 35.8 Å². The van der Waals surface area contributed by atoms with Gasteiger partial charge in [-0.25, -0.2) is 4.57 Å². The van der Waals surface area contributed by atoms with Crippen molar-refractivity contribution < 1.29 is 9.67 Å². The molecule has 0 aliphatic carbocycles. The first-order valence-corrected chi connectivity index (χ1v) is 7.82.